The van der Waals surface area contributed by atoms with E-state index in [9.17, 15) is 14.4 Å². The molecule has 1 heterocycles. The van der Waals surface area contributed by atoms with E-state index in [1.54, 1.807) is 50.3 Å². The summed E-state index contributed by atoms with van der Waals surface area (Å²) in [5.41, 5.74) is 1.20. The number of hydrogen-bond acceptors (Lipinski definition) is 6. The van der Waals surface area contributed by atoms with E-state index in [0.717, 1.165) is 5.56 Å². The van der Waals surface area contributed by atoms with Crippen molar-refractivity contribution in [3.63, 3.8) is 0 Å². The molecule has 0 bridgehead atoms. The highest BCUT2D eigenvalue weighted by Crippen LogP contribution is 2.15. The van der Waals surface area contributed by atoms with Crippen molar-refractivity contribution >= 4 is 24.0 Å². The van der Waals surface area contributed by atoms with Gasteiger partial charge in [-0.05, 0) is 37.6 Å². The molecule has 1 aromatic rings. The molecule has 0 aromatic heterocycles. The summed E-state index contributed by atoms with van der Waals surface area (Å²) in [6, 6.07) is 6.09. The number of carbonyl (C=O) groups excluding carboxylic acids is 3. The number of benzene rings is 1. The largest absolute Gasteiger partial charge is 0.490 e. The lowest BCUT2D eigenvalue weighted by Crippen LogP contribution is -2.50. The molecular formula is C21H24N2O6. The van der Waals surface area contributed by atoms with Crippen LogP contribution in [0.15, 0.2) is 54.3 Å². The van der Waals surface area contributed by atoms with Gasteiger partial charge in [0.1, 0.15) is 19.0 Å². The second-order valence-corrected chi connectivity index (χ2v) is 6.04. The molecule has 154 valence electrons. The molecular weight excluding hydrogens is 376 g/mol. The third kappa shape index (κ3) is 6.53. The van der Waals surface area contributed by atoms with Gasteiger partial charge in [-0.3, -0.25) is 0 Å². The Hall–Kier alpha value is -3.55. The molecule has 0 radical (unpaired) electrons. The van der Waals surface area contributed by atoms with Crippen LogP contribution in [-0.2, 0) is 19.1 Å². The van der Waals surface area contributed by atoms with Crippen molar-refractivity contribution in [1.29, 1.82) is 0 Å². The minimum absolute atomic E-state index is 0.191. The lowest BCUT2D eigenvalue weighted by Gasteiger charge is -2.26. The minimum Gasteiger partial charge on any atom is -0.490 e. The third-order valence-electron chi connectivity index (χ3n) is 3.88. The molecule has 1 aliphatic heterocycles. The van der Waals surface area contributed by atoms with Crippen LogP contribution in [0.3, 0.4) is 0 Å². The molecule has 0 fully saturated rings. The maximum absolute atomic E-state index is 12.1. The van der Waals surface area contributed by atoms with Crippen molar-refractivity contribution in [2.45, 2.75) is 19.9 Å². The van der Waals surface area contributed by atoms with Gasteiger partial charge in [0, 0.05) is 6.08 Å². The number of nitrogens with one attached hydrogen (secondary N) is 2. The van der Waals surface area contributed by atoms with Crippen molar-refractivity contribution in [1.82, 2.24) is 10.6 Å². The Kier molecular flexibility index (Phi) is 8.02. The van der Waals surface area contributed by atoms with E-state index in [1.807, 2.05) is 0 Å². The van der Waals surface area contributed by atoms with Crippen molar-refractivity contribution in [2.75, 3.05) is 19.8 Å². The van der Waals surface area contributed by atoms with Crippen LogP contribution in [-0.4, -0.2) is 43.8 Å². The van der Waals surface area contributed by atoms with Crippen molar-refractivity contribution in [3.8, 4) is 5.75 Å². The quantitative estimate of drug-likeness (QED) is 0.375. The summed E-state index contributed by atoms with van der Waals surface area (Å²) in [5.74, 6) is -0.500. The molecule has 1 aliphatic rings. The zero-order chi connectivity index (χ0) is 21.2. The van der Waals surface area contributed by atoms with E-state index in [-0.39, 0.29) is 24.5 Å². The number of ether oxygens (including phenoxy) is 3. The predicted octanol–water partition coefficient (Wildman–Crippen LogP) is 2.33. The molecule has 0 saturated carbocycles. The molecule has 2 N–H and O–H groups in total. The summed E-state index contributed by atoms with van der Waals surface area (Å²) in [4.78, 5) is 35.8. The van der Waals surface area contributed by atoms with E-state index in [2.05, 4.69) is 17.2 Å². The van der Waals surface area contributed by atoms with Gasteiger partial charge in [0.25, 0.3) is 0 Å². The van der Waals surface area contributed by atoms with Crippen LogP contribution < -0.4 is 15.4 Å². The van der Waals surface area contributed by atoms with Crippen LogP contribution in [0.25, 0.3) is 6.08 Å². The fourth-order valence-corrected chi connectivity index (χ4v) is 2.58. The number of esters is 2. The SMILES string of the molecule is C=CCOc1ccc(/C=C/C(=O)OCC2=C(C(=O)OCC)[C@@H](C)NC(=O)N2)cc1. The van der Waals surface area contributed by atoms with Gasteiger partial charge in [-0.15, -0.1) is 0 Å². The number of hydrogen-bond donors (Lipinski definition) is 2. The Morgan fingerprint density at radius 2 is 1.93 bits per heavy atom. The van der Waals surface area contributed by atoms with Crippen molar-refractivity contribution in [2.24, 2.45) is 0 Å². The molecule has 0 unspecified atom stereocenters. The molecule has 1 atom stereocenters. The van der Waals surface area contributed by atoms with E-state index in [1.165, 1.54) is 6.08 Å². The lowest BCUT2D eigenvalue weighted by molar-refractivity contribution is -0.140. The molecule has 2 rings (SSSR count). The Labute approximate surface area is 169 Å². The normalized spacial score (nSPS) is 16.1. The lowest BCUT2D eigenvalue weighted by atomic mass is 10.0. The fraction of sp³-hybridized carbons (Fsp3) is 0.286. The van der Waals surface area contributed by atoms with Gasteiger partial charge in [-0.25, -0.2) is 14.4 Å². The first-order chi connectivity index (χ1) is 13.9. The van der Waals surface area contributed by atoms with Crippen LogP contribution in [0, 0.1) is 0 Å². The molecule has 0 aliphatic carbocycles. The Balaban J connectivity index is 1.99. The van der Waals surface area contributed by atoms with Gasteiger partial charge < -0.3 is 24.8 Å². The predicted molar refractivity (Wildman–Crippen MR) is 107 cm³/mol. The summed E-state index contributed by atoms with van der Waals surface area (Å²) < 4.78 is 15.6. The van der Waals surface area contributed by atoms with Crippen LogP contribution in [0.1, 0.15) is 19.4 Å². The maximum Gasteiger partial charge on any atom is 0.338 e. The first-order valence-electron chi connectivity index (χ1n) is 9.10. The Morgan fingerprint density at radius 1 is 1.21 bits per heavy atom. The summed E-state index contributed by atoms with van der Waals surface area (Å²) in [7, 11) is 0. The van der Waals surface area contributed by atoms with Gasteiger partial charge >= 0.3 is 18.0 Å². The Morgan fingerprint density at radius 3 is 2.59 bits per heavy atom. The molecule has 29 heavy (non-hydrogen) atoms. The third-order valence-corrected chi connectivity index (χ3v) is 3.88. The summed E-state index contributed by atoms with van der Waals surface area (Å²) in [6.45, 7) is 7.25. The molecule has 8 heteroatoms. The average Bonchev–Trinajstić information content (AvgIpc) is 2.69. The number of amides is 2. The standard InChI is InChI=1S/C21H24N2O6/c1-4-12-28-16-9-6-15(7-10-16)8-11-18(24)29-13-17-19(20(25)27-5-2)14(3)22-21(26)23-17/h4,6-11,14H,1,5,12-13H2,2-3H3,(H2,22,23,26)/b11-8+/t14-/m1/s1. The molecule has 2 amide bonds. The fourth-order valence-electron chi connectivity index (χ4n) is 2.58. The summed E-state index contributed by atoms with van der Waals surface area (Å²) >= 11 is 0. The van der Waals surface area contributed by atoms with Gasteiger partial charge in [0.2, 0.25) is 0 Å². The van der Waals surface area contributed by atoms with Crippen LogP contribution in [0.2, 0.25) is 0 Å². The second kappa shape index (κ2) is 10.7. The Bertz CT molecular complexity index is 826. The first kappa shape index (κ1) is 21.7. The van der Waals surface area contributed by atoms with Crippen molar-refractivity contribution in [3.05, 3.63) is 59.8 Å². The highest BCUT2D eigenvalue weighted by molar-refractivity contribution is 5.95. The van der Waals surface area contributed by atoms with E-state index in [0.29, 0.717) is 12.4 Å². The van der Waals surface area contributed by atoms with Gasteiger partial charge in [0.05, 0.1) is 23.9 Å². The summed E-state index contributed by atoms with van der Waals surface area (Å²) in [6.07, 6.45) is 4.50. The highest BCUT2D eigenvalue weighted by atomic mass is 16.5. The number of rotatable bonds is 9. The monoisotopic (exact) mass is 400 g/mol. The summed E-state index contributed by atoms with van der Waals surface area (Å²) in [5, 5.41) is 5.07. The van der Waals surface area contributed by atoms with Crippen LogP contribution >= 0.6 is 0 Å². The van der Waals surface area contributed by atoms with Gasteiger partial charge in [0.15, 0.2) is 0 Å². The van der Waals surface area contributed by atoms with Gasteiger partial charge in [-0.1, -0.05) is 24.8 Å². The highest BCUT2D eigenvalue weighted by Gasteiger charge is 2.30. The first-order valence-corrected chi connectivity index (χ1v) is 9.10. The molecule has 8 nitrogen and oxygen atoms in total. The zero-order valence-electron chi connectivity index (χ0n) is 16.4. The van der Waals surface area contributed by atoms with E-state index >= 15 is 0 Å². The minimum atomic E-state index is -0.617. The number of carbonyl (C=O) groups is 3. The second-order valence-electron chi connectivity index (χ2n) is 6.04. The smallest absolute Gasteiger partial charge is 0.338 e. The van der Waals surface area contributed by atoms with E-state index in [4.69, 9.17) is 14.2 Å². The molecule has 1 aromatic carbocycles. The van der Waals surface area contributed by atoms with Crippen molar-refractivity contribution < 1.29 is 28.6 Å². The maximum atomic E-state index is 12.1. The van der Waals surface area contributed by atoms with Crippen LogP contribution in [0.5, 0.6) is 5.75 Å². The topological polar surface area (TPSA) is 103 Å². The molecule has 0 saturated heterocycles. The zero-order valence-corrected chi connectivity index (χ0v) is 16.4. The molecule has 0 spiro atoms. The van der Waals surface area contributed by atoms with Crippen LogP contribution in [0.4, 0.5) is 4.79 Å². The van der Waals surface area contributed by atoms with E-state index < -0.39 is 24.0 Å². The average molecular weight is 400 g/mol. The van der Waals surface area contributed by atoms with Gasteiger partial charge in [-0.2, -0.15) is 0 Å². The number of urea groups is 1.